The van der Waals surface area contributed by atoms with Crippen molar-refractivity contribution >= 4 is 5.91 Å². The third-order valence-corrected chi connectivity index (χ3v) is 7.36. The van der Waals surface area contributed by atoms with Crippen LogP contribution in [0.3, 0.4) is 0 Å². The van der Waals surface area contributed by atoms with Crippen LogP contribution in [-0.2, 0) is 37.2 Å². The van der Waals surface area contributed by atoms with Crippen molar-refractivity contribution in [1.82, 2.24) is 10.2 Å². The third-order valence-electron chi connectivity index (χ3n) is 7.36. The lowest BCUT2D eigenvalue weighted by Crippen LogP contribution is -2.37. The van der Waals surface area contributed by atoms with Crippen molar-refractivity contribution in [2.45, 2.75) is 58.4 Å². The Morgan fingerprint density at radius 1 is 1.07 bits per heavy atom. The van der Waals surface area contributed by atoms with E-state index >= 15 is 0 Å². The highest BCUT2D eigenvalue weighted by Crippen LogP contribution is 2.33. The predicted octanol–water partition coefficient (Wildman–Crippen LogP) is 3.67. The Labute approximate surface area is 236 Å². The average Bonchev–Trinajstić information content (AvgIpc) is 2.95. The molecule has 1 heterocycles. The number of carbonyl (C=O) groups excluding carboxylic acids is 1. The van der Waals surface area contributed by atoms with Gasteiger partial charge in [0.15, 0.2) is 11.5 Å². The molecule has 0 fully saturated rings. The van der Waals surface area contributed by atoms with Crippen molar-refractivity contribution in [2.24, 2.45) is 0 Å². The van der Waals surface area contributed by atoms with E-state index in [-0.39, 0.29) is 24.3 Å². The molecule has 0 saturated carbocycles. The molecule has 1 unspecified atom stereocenters. The molecule has 1 aliphatic heterocycles. The molecule has 3 aromatic rings. The summed E-state index contributed by atoms with van der Waals surface area (Å²) in [7, 11) is 1.64. The van der Waals surface area contributed by atoms with Crippen molar-refractivity contribution in [2.75, 3.05) is 26.8 Å². The number of aliphatic hydroxyl groups is 2. The van der Waals surface area contributed by atoms with E-state index in [1.807, 2.05) is 36.1 Å². The van der Waals surface area contributed by atoms with Crippen LogP contribution in [0, 0.1) is 0 Å². The number of amides is 1. The van der Waals surface area contributed by atoms with E-state index in [0.717, 1.165) is 35.3 Å². The van der Waals surface area contributed by atoms with Crippen LogP contribution < -0.4 is 14.8 Å². The Morgan fingerprint density at radius 2 is 1.85 bits per heavy atom. The van der Waals surface area contributed by atoms with E-state index in [1.54, 1.807) is 19.2 Å². The number of benzene rings is 3. The van der Waals surface area contributed by atoms with E-state index in [2.05, 4.69) is 24.4 Å². The van der Waals surface area contributed by atoms with E-state index in [1.165, 1.54) is 11.6 Å². The van der Waals surface area contributed by atoms with Crippen LogP contribution in [0.4, 0.5) is 0 Å². The second-order valence-corrected chi connectivity index (χ2v) is 10.3. The second-order valence-electron chi connectivity index (χ2n) is 10.3. The Kier molecular flexibility index (Phi) is 10.0. The van der Waals surface area contributed by atoms with Crippen molar-refractivity contribution in [1.29, 1.82) is 0 Å². The Morgan fingerprint density at radius 3 is 2.60 bits per heavy atom. The molecule has 0 aliphatic carbocycles. The van der Waals surface area contributed by atoms with Crippen molar-refractivity contribution in [3.8, 4) is 17.2 Å². The summed E-state index contributed by atoms with van der Waals surface area (Å²) in [6.45, 7) is 5.82. The maximum Gasteiger partial charge on any atom is 0.227 e. The first-order valence-corrected chi connectivity index (χ1v) is 13.8. The molecule has 8 nitrogen and oxygen atoms in total. The zero-order chi connectivity index (χ0) is 28.6. The lowest BCUT2D eigenvalue weighted by Gasteiger charge is -2.30. The molecule has 3 aromatic carbocycles. The third kappa shape index (κ3) is 7.33. The summed E-state index contributed by atoms with van der Waals surface area (Å²) in [5, 5.41) is 33.0. The van der Waals surface area contributed by atoms with Gasteiger partial charge < -0.3 is 35.0 Å². The van der Waals surface area contributed by atoms with Gasteiger partial charge in [0.25, 0.3) is 0 Å². The number of carbonyl (C=O) groups is 1. The Hall–Kier alpha value is -3.59. The van der Waals surface area contributed by atoms with Crippen LogP contribution in [0.25, 0.3) is 0 Å². The van der Waals surface area contributed by atoms with Gasteiger partial charge in [0, 0.05) is 31.2 Å². The van der Waals surface area contributed by atoms with Gasteiger partial charge in [-0.3, -0.25) is 4.79 Å². The molecule has 0 bridgehead atoms. The fraction of sp³-hybridized carbons (Fsp3) is 0.406. The topological polar surface area (TPSA) is 111 Å². The number of nitrogens with zero attached hydrogens (tertiary/aromatic N) is 1. The normalized spacial score (nSPS) is 14.4. The number of aromatic hydroxyl groups is 1. The molecule has 0 spiro atoms. The molecular weight excluding hydrogens is 508 g/mol. The highest BCUT2D eigenvalue weighted by atomic mass is 16.5. The number of ether oxygens (including phenoxy) is 2. The van der Waals surface area contributed by atoms with Gasteiger partial charge in [-0.15, -0.1) is 0 Å². The van der Waals surface area contributed by atoms with Crippen LogP contribution in [0.15, 0.2) is 54.6 Å². The second kappa shape index (κ2) is 13.7. The first kappa shape index (κ1) is 29.4. The first-order valence-electron chi connectivity index (χ1n) is 13.8. The summed E-state index contributed by atoms with van der Waals surface area (Å²) in [4.78, 5) is 15.1. The molecule has 0 radical (unpaired) electrons. The summed E-state index contributed by atoms with van der Waals surface area (Å²) in [5.74, 6) is 1.55. The monoisotopic (exact) mass is 548 g/mol. The number of phenols is 1. The maximum atomic E-state index is 13.2. The van der Waals surface area contributed by atoms with Crippen molar-refractivity contribution in [3.05, 3.63) is 88.0 Å². The van der Waals surface area contributed by atoms with Crippen molar-refractivity contribution in [3.63, 3.8) is 0 Å². The number of hydrogen-bond donors (Lipinski definition) is 4. The fourth-order valence-corrected chi connectivity index (χ4v) is 5.15. The minimum absolute atomic E-state index is 0.0135. The van der Waals surface area contributed by atoms with Crippen LogP contribution in [0.1, 0.15) is 53.3 Å². The predicted molar refractivity (Wildman–Crippen MR) is 154 cm³/mol. The summed E-state index contributed by atoms with van der Waals surface area (Å²) < 4.78 is 11.2. The van der Waals surface area contributed by atoms with Gasteiger partial charge in [-0.25, -0.2) is 0 Å². The number of fused-ring (bicyclic) bond motifs is 1. The lowest BCUT2D eigenvalue weighted by atomic mass is 9.97. The Balaban J connectivity index is 1.31. The molecule has 1 amide bonds. The van der Waals surface area contributed by atoms with Crippen LogP contribution >= 0.6 is 0 Å². The summed E-state index contributed by atoms with van der Waals surface area (Å²) >= 11 is 0. The number of rotatable bonds is 12. The summed E-state index contributed by atoms with van der Waals surface area (Å²) in [6.07, 6.45) is 1.10. The van der Waals surface area contributed by atoms with Gasteiger partial charge in [0.1, 0.15) is 5.75 Å². The largest absolute Gasteiger partial charge is 0.508 e. The van der Waals surface area contributed by atoms with Gasteiger partial charge in [0.05, 0.1) is 32.8 Å². The van der Waals surface area contributed by atoms with Gasteiger partial charge in [-0.05, 0) is 78.8 Å². The molecule has 40 heavy (non-hydrogen) atoms. The number of methoxy groups -OCH3 is 1. The molecular formula is C32H40N2O6. The summed E-state index contributed by atoms with van der Waals surface area (Å²) in [6, 6.07) is 17.0. The van der Waals surface area contributed by atoms with Crippen molar-refractivity contribution < 1.29 is 29.6 Å². The molecule has 0 aromatic heterocycles. The first-order chi connectivity index (χ1) is 19.3. The molecule has 214 valence electrons. The summed E-state index contributed by atoms with van der Waals surface area (Å²) in [5.41, 5.74) is 5.41. The van der Waals surface area contributed by atoms with E-state index < -0.39 is 6.10 Å². The van der Waals surface area contributed by atoms with Gasteiger partial charge in [-0.2, -0.15) is 0 Å². The highest BCUT2D eigenvalue weighted by Gasteiger charge is 2.23. The number of nitrogens with one attached hydrogen (secondary N) is 1. The molecule has 4 rings (SSSR count). The lowest BCUT2D eigenvalue weighted by molar-refractivity contribution is -0.131. The average molecular weight is 549 g/mol. The van der Waals surface area contributed by atoms with E-state index in [9.17, 15) is 20.1 Å². The van der Waals surface area contributed by atoms with Crippen LogP contribution in [-0.4, -0.2) is 59.0 Å². The Bertz CT molecular complexity index is 1310. The molecule has 4 N–H and O–H groups in total. The van der Waals surface area contributed by atoms with E-state index in [0.29, 0.717) is 49.5 Å². The van der Waals surface area contributed by atoms with Gasteiger partial charge in [-0.1, -0.05) is 30.3 Å². The quantitative estimate of drug-likeness (QED) is 0.273. The van der Waals surface area contributed by atoms with Crippen LogP contribution in [0.5, 0.6) is 17.2 Å². The fourth-order valence-electron chi connectivity index (χ4n) is 5.15. The zero-order valence-electron chi connectivity index (χ0n) is 23.5. The minimum atomic E-state index is -0.766. The SMILES string of the molecule is CCOc1cc2c(cc1OC)CCN(C(=O)Cc1cccc(CC(C)NC[C@H](O)c3ccc(O)c(CO)c3)c1)C2. The van der Waals surface area contributed by atoms with Crippen LogP contribution in [0.2, 0.25) is 0 Å². The highest BCUT2D eigenvalue weighted by molar-refractivity contribution is 5.79. The molecule has 2 atom stereocenters. The smallest absolute Gasteiger partial charge is 0.227 e. The van der Waals surface area contributed by atoms with Gasteiger partial charge in [0.2, 0.25) is 5.91 Å². The van der Waals surface area contributed by atoms with Gasteiger partial charge >= 0.3 is 0 Å². The van der Waals surface area contributed by atoms with E-state index in [4.69, 9.17) is 9.47 Å². The maximum absolute atomic E-state index is 13.2. The molecule has 8 heteroatoms. The minimum Gasteiger partial charge on any atom is -0.508 e. The number of aliphatic hydroxyl groups excluding tert-OH is 2. The molecule has 0 saturated heterocycles. The number of hydrogen-bond acceptors (Lipinski definition) is 7. The zero-order valence-corrected chi connectivity index (χ0v) is 23.5. The standard InChI is InChI=1S/C32H40N2O6/c1-4-40-31-17-26-19-34(11-10-24(26)16-30(31)39-3)32(38)14-23-7-5-6-22(13-23)12-21(2)33-18-29(37)25-8-9-28(36)27(15-25)20-35/h5-9,13,15-17,21,29,33,35-37H,4,10-12,14,18-20H2,1-3H3/t21?,29-/m0/s1. The molecule has 1 aliphatic rings.